The molecule has 4 saturated carbocycles. The van der Waals surface area contributed by atoms with Gasteiger partial charge in [0, 0.05) is 29.6 Å². The lowest BCUT2D eigenvalue weighted by Gasteiger charge is -2.40. The van der Waals surface area contributed by atoms with Gasteiger partial charge in [0.15, 0.2) is 11.9 Å². The highest BCUT2D eigenvalue weighted by molar-refractivity contribution is 5.98. The van der Waals surface area contributed by atoms with E-state index in [0.717, 1.165) is 6.42 Å². The lowest BCUT2D eigenvalue weighted by Crippen LogP contribution is -2.48. The maximum atomic E-state index is 13.1. The minimum atomic E-state index is -0.756. The summed E-state index contributed by atoms with van der Waals surface area (Å²) in [4.78, 5) is 37.6. The molecule has 0 aromatic heterocycles. The van der Waals surface area contributed by atoms with E-state index in [0.29, 0.717) is 17.4 Å². The van der Waals surface area contributed by atoms with Crippen LogP contribution < -0.4 is 0 Å². The van der Waals surface area contributed by atoms with Gasteiger partial charge >= 0.3 is 11.9 Å². The lowest BCUT2D eigenvalue weighted by atomic mass is 9.70. The van der Waals surface area contributed by atoms with Gasteiger partial charge in [0.2, 0.25) is 0 Å². The van der Waals surface area contributed by atoms with Gasteiger partial charge in [-0.05, 0) is 36.3 Å². The van der Waals surface area contributed by atoms with Crippen LogP contribution in [0.15, 0.2) is 30.3 Å². The molecule has 3 unspecified atom stereocenters. The fourth-order valence-corrected chi connectivity index (χ4v) is 7.16. The second kappa shape index (κ2) is 5.46. The fraction of sp³-hybridized carbons (Fsp3) is 0.609. The van der Waals surface area contributed by atoms with E-state index in [1.165, 1.54) is 6.92 Å². The van der Waals surface area contributed by atoms with Crippen LogP contribution in [0.4, 0.5) is 0 Å². The van der Waals surface area contributed by atoms with Crippen LogP contribution in [-0.2, 0) is 19.1 Å². The summed E-state index contributed by atoms with van der Waals surface area (Å²) in [6.07, 6.45) is -0.0686. The molecule has 0 aliphatic heterocycles. The zero-order valence-corrected chi connectivity index (χ0v) is 16.7. The molecule has 0 saturated heterocycles. The Bertz CT molecular complexity index is 874. The topological polar surface area (TPSA) is 69.7 Å². The van der Waals surface area contributed by atoms with Gasteiger partial charge in [0.05, 0.1) is 5.56 Å². The van der Waals surface area contributed by atoms with Gasteiger partial charge in [-0.2, -0.15) is 0 Å². The van der Waals surface area contributed by atoms with Crippen molar-refractivity contribution in [1.82, 2.24) is 0 Å². The summed E-state index contributed by atoms with van der Waals surface area (Å²) in [5.74, 6) is 0.333. The number of rotatable bonds is 3. The standard InChI is InChI=1S/C23H26O5/c1-11(24)27-19-16-13(10-22(19,2)3)14-15-17(14)23(16,4)20(18(15)25)28-21(26)12-8-6-5-7-9-12/h5-9,13-17,19-20H,10H2,1-4H3/t13-,14?,15?,16+,17+,19-,20?,23+/m1/s1. The van der Waals surface area contributed by atoms with Crippen molar-refractivity contribution in [2.45, 2.75) is 46.3 Å². The number of Topliss-reactive ketones (excluding diaryl/α,β-unsaturated/α-hetero) is 1. The van der Waals surface area contributed by atoms with E-state index in [-0.39, 0.29) is 41.0 Å². The van der Waals surface area contributed by atoms with Crippen LogP contribution in [0.2, 0.25) is 0 Å². The second-order valence-corrected chi connectivity index (χ2v) is 9.96. The molecule has 4 aliphatic rings. The first kappa shape index (κ1) is 17.9. The summed E-state index contributed by atoms with van der Waals surface area (Å²) in [7, 11) is 0. The van der Waals surface area contributed by atoms with Crippen LogP contribution in [0, 0.1) is 40.4 Å². The molecular formula is C23H26O5. The molecule has 4 fully saturated rings. The van der Waals surface area contributed by atoms with Crippen molar-refractivity contribution in [3.8, 4) is 0 Å². The average Bonchev–Trinajstić information content (AvgIpc) is 3.22. The van der Waals surface area contributed by atoms with Crippen molar-refractivity contribution in [1.29, 1.82) is 0 Å². The molecule has 0 N–H and O–H groups in total. The quantitative estimate of drug-likeness (QED) is 0.751. The number of fused-ring (bicyclic) bond motifs is 4. The third kappa shape index (κ3) is 2.10. The summed E-state index contributed by atoms with van der Waals surface area (Å²) in [5, 5.41) is 0. The molecule has 4 aliphatic carbocycles. The van der Waals surface area contributed by atoms with Gasteiger partial charge in [-0.3, -0.25) is 9.59 Å². The van der Waals surface area contributed by atoms with Crippen molar-refractivity contribution < 1.29 is 23.9 Å². The molecule has 0 spiro atoms. The Hall–Kier alpha value is -2.17. The molecule has 148 valence electrons. The number of ketones is 1. The molecule has 0 bridgehead atoms. The Kier molecular flexibility index (Phi) is 3.49. The number of hydrogen-bond acceptors (Lipinski definition) is 5. The number of carbonyl (C=O) groups excluding carboxylic acids is 3. The zero-order valence-electron chi connectivity index (χ0n) is 16.7. The van der Waals surface area contributed by atoms with Gasteiger partial charge in [0.25, 0.3) is 0 Å². The summed E-state index contributed by atoms with van der Waals surface area (Å²) in [6, 6.07) is 8.80. The predicted octanol–water partition coefficient (Wildman–Crippen LogP) is 3.27. The van der Waals surface area contributed by atoms with Gasteiger partial charge < -0.3 is 9.47 Å². The van der Waals surface area contributed by atoms with E-state index in [1.54, 1.807) is 24.3 Å². The zero-order chi connectivity index (χ0) is 20.0. The van der Waals surface area contributed by atoms with E-state index in [2.05, 4.69) is 20.8 Å². The van der Waals surface area contributed by atoms with E-state index in [1.807, 2.05) is 6.07 Å². The van der Waals surface area contributed by atoms with E-state index in [4.69, 9.17) is 9.47 Å². The fourth-order valence-electron chi connectivity index (χ4n) is 7.16. The molecule has 0 amide bonds. The van der Waals surface area contributed by atoms with E-state index in [9.17, 15) is 14.4 Å². The Morgan fingerprint density at radius 3 is 2.36 bits per heavy atom. The highest BCUT2D eigenvalue weighted by Gasteiger charge is 2.86. The van der Waals surface area contributed by atoms with E-state index < -0.39 is 17.5 Å². The first-order chi connectivity index (χ1) is 13.2. The van der Waals surface area contributed by atoms with Crippen molar-refractivity contribution in [2.75, 3.05) is 0 Å². The van der Waals surface area contributed by atoms with Crippen LogP contribution in [0.3, 0.4) is 0 Å². The van der Waals surface area contributed by atoms with Crippen molar-refractivity contribution in [2.24, 2.45) is 40.4 Å². The van der Waals surface area contributed by atoms with Crippen LogP contribution in [-0.4, -0.2) is 29.9 Å². The molecule has 1 aromatic carbocycles. The molecule has 5 rings (SSSR count). The Morgan fingerprint density at radius 2 is 1.71 bits per heavy atom. The lowest BCUT2D eigenvalue weighted by molar-refractivity contribution is -0.160. The SMILES string of the molecule is CC(=O)O[C@@H]1[C@@H]2[C@H](CC1(C)C)C1C3C(=O)C(OC(=O)c4ccccc4)[C@]2(C)[C@H]31. The van der Waals surface area contributed by atoms with Crippen molar-refractivity contribution in [3.05, 3.63) is 35.9 Å². The normalized spacial score (nSPS) is 44.0. The molecule has 28 heavy (non-hydrogen) atoms. The number of benzene rings is 1. The van der Waals surface area contributed by atoms with Crippen molar-refractivity contribution in [3.63, 3.8) is 0 Å². The first-order valence-corrected chi connectivity index (χ1v) is 10.1. The third-order valence-electron chi connectivity index (χ3n) is 8.00. The second-order valence-electron chi connectivity index (χ2n) is 9.96. The predicted molar refractivity (Wildman–Crippen MR) is 100 cm³/mol. The van der Waals surface area contributed by atoms with Gasteiger partial charge in [0.1, 0.15) is 6.10 Å². The van der Waals surface area contributed by atoms with Gasteiger partial charge in [-0.15, -0.1) is 0 Å². The van der Waals surface area contributed by atoms with Crippen molar-refractivity contribution >= 4 is 17.7 Å². The van der Waals surface area contributed by atoms with Crippen LogP contribution in [0.1, 0.15) is 44.5 Å². The maximum absolute atomic E-state index is 13.1. The highest BCUT2D eigenvalue weighted by atomic mass is 16.6. The minimum absolute atomic E-state index is 0.00621. The molecule has 8 atom stereocenters. The third-order valence-corrected chi connectivity index (χ3v) is 8.00. The molecule has 5 nitrogen and oxygen atoms in total. The van der Waals surface area contributed by atoms with Crippen LogP contribution >= 0.6 is 0 Å². The number of ether oxygens (including phenoxy) is 2. The number of esters is 2. The van der Waals surface area contributed by atoms with Crippen LogP contribution in [0.25, 0.3) is 0 Å². The summed E-state index contributed by atoms with van der Waals surface area (Å²) < 4.78 is 11.7. The smallest absolute Gasteiger partial charge is 0.338 e. The molecule has 0 radical (unpaired) electrons. The highest BCUT2D eigenvalue weighted by Crippen LogP contribution is 2.81. The van der Waals surface area contributed by atoms with Gasteiger partial charge in [-0.1, -0.05) is 39.0 Å². The maximum Gasteiger partial charge on any atom is 0.338 e. The Labute approximate surface area is 164 Å². The van der Waals surface area contributed by atoms with Gasteiger partial charge in [-0.25, -0.2) is 4.79 Å². The Balaban J connectivity index is 1.49. The number of hydrogen-bond donors (Lipinski definition) is 0. The molecule has 5 heteroatoms. The summed E-state index contributed by atoms with van der Waals surface area (Å²) in [5.41, 5.74) is -0.154. The Morgan fingerprint density at radius 1 is 1.04 bits per heavy atom. The van der Waals surface area contributed by atoms with Crippen LogP contribution in [0.5, 0.6) is 0 Å². The first-order valence-electron chi connectivity index (χ1n) is 10.1. The summed E-state index contributed by atoms with van der Waals surface area (Å²) in [6.45, 7) is 7.80. The summed E-state index contributed by atoms with van der Waals surface area (Å²) >= 11 is 0. The average molecular weight is 382 g/mol. The minimum Gasteiger partial charge on any atom is -0.462 e. The largest absolute Gasteiger partial charge is 0.462 e. The molecule has 0 heterocycles. The number of carbonyl (C=O) groups is 3. The monoisotopic (exact) mass is 382 g/mol. The van der Waals surface area contributed by atoms with E-state index >= 15 is 0 Å². The molecule has 1 aromatic rings. The molecular weight excluding hydrogens is 356 g/mol.